The third-order valence-corrected chi connectivity index (χ3v) is 4.89. The number of halogens is 2. The van der Waals surface area contributed by atoms with Gasteiger partial charge in [0.05, 0.1) is 12.2 Å². The predicted molar refractivity (Wildman–Crippen MR) is 68.0 cm³/mol. The van der Waals surface area contributed by atoms with Gasteiger partial charge in [-0.25, -0.2) is 17.8 Å². The van der Waals surface area contributed by atoms with E-state index in [2.05, 4.69) is 4.98 Å². The lowest BCUT2D eigenvalue weighted by Gasteiger charge is -2.34. The molecule has 2 heterocycles. The number of hydrogen-bond acceptors (Lipinski definition) is 4. The molecule has 0 N–H and O–H groups in total. The van der Waals surface area contributed by atoms with Crippen molar-refractivity contribution >= 4 is 21.6 Å². The molecular formula is C11H14ClFN2O3S. The third-order valence-electron chi connectivity index (χ3n) is 2.77. The number of hydrogen-bond donors (Lipinski definition) is 0. The van der Waals surface area contributed by atoms with Crippen LogP contribution in [0.15, 0.2) is 23.4 Å². The number of pyridine rings is 1. The van der Waals surface area contributed by atoms with Crippen molar-refractivity contribution in [3.63, 3.8) is 0 Å². The topological polar surface area (TPSA) is 59.5 Å². The van der Waals surface area contributed by atoms with Crippen LogP contribution in [0.25, 0.3) is 0 Å². The van der Waals surface area contributed by atoms with Crippen LogP contribution in [0.2, 0.25) is 0 Å². The van der Waals surface area contributed by atoms with Crippen LogP contribution in [0.5, 0.6) is 0 Å². The highest BCUT2D eigenvalue weighted by molar-refractivity contribution is 7.89. The second-order valence-electron chi connectivity index (χ2n) is 4.34. The molecule has 19 heavy (non-hydrogen) atoms. The summed E-state index contributed by atoms with van der Waals surface area (Å²) in [4.78, 5) is 3.62. The smallest absolute Gasteiger partial charge is 0.263 e. The molecule has 0 aromatic carbocycles. The Balaban J connectivity index is 2.32. The van der Waals surface area contributed by atoms with E-state index in [-0.39, 0.29) is 25.1 Å². The summed E-state index contributed by atoms with van der Waals surface area (Å²) in [6.07, 6.45) is 0.560. The van der Waals surface area contributed by atoms with Gasteiger partial charge >= 0.3 is 0 Å². The lowest BCUT2D eigenvalue weighted by atomic mass is 10.3. The van der Waals surface area contributed by atoms with Crippen LogP contribution in [0.4, 0.5) is 4.39 Å². The SMILES string of the molecule is CC1CN(S(=O)(=O)c2ncccc2F)CC(CCl)O1. The van der Waals surface area contributed by atoms with Gasteiger partial charge in [-0.1, -0.05) is 0 Å². The van der Waals surface area contributed by atoms with Gasteiger partial charge in [-0.3, -0.25) is 0 Å². The van der Waals surface area contributed by atoms with E-state index in [4.69, 9.17) is 16.3 Å². The fourth-order valence-corrected chi connectivity index (χ4v) is 3.66. The standard InChI is InChI=1S/C11H14ClFN2O3S/c1-8-6-15(7-9(5-12)18-8)19(16,17)11-10(13)3-2-4-14-11/h2-4,8-9H,5-7H2,1H3. The maximum absolute atomic E-state index is 13.6. The summed E-state index contributed by atoms with van der Waals surface area (Å²) in [5, 5.41) is -0.558. The zero-order valence-electron chi connectivity index (χ0n) is 10.3. The van der Waals surface area contributed by atoms with Gasteiger partial charge in [0.1, 0.15) is 0 Å². The van der Waals surface area contributed by atoms with E-state index < -0.39 is 27.0 Å². The largest absolute Gasteiger partial charge is 0.371 e. The monoisotopic (exact) mass is 308 g/mol. The minimum absolute atomic E-state index is 0.103. The Kier molecular flexibility index (Phi) is 4.39. The average molecular weight is 309 g/mol. The highest BCUT2D eigenvalue weighted by Crippen LogP contribution is 2.21. The summed E-state index contributed by atoms with van der Waals surface area (Å²) in [5.41, 5.74) is 0. The van der Waals surface area contributed by atoms with E-state index in [1.807, 2.05) is 0 Å². The number of aromatic nitrogens is 1. The maximum atomic E-state index is 13.6. The molecule has 1 aromatic heterocycles. The summed E-state index contributed by atoms with van der Waals surface area (Å²) in [5.74, 6) is -0.676. The Morgan fingerprint density at radius 2 is 2.32 bits per heavy atom. The van der Waals surface area contributed by atoms with E-state index in [9.17, 15) is 12.8 Å². The first-order chi connectivity index (χ1) is 8.95. The lowest BCUT2D eigenvalue weighted by Crippen LogP contribution is -2.49. The van der Waals surface area contributed by atoms with Gasteiger partial charge < -0.3 is 4.74 Å². The number of morpholine rings is 1. The normalized spacial score (nSPS) is 25.4. The molecule has 1 fully saturated rings. The van der Waals surface area contributed by atoms with Crippen LogP contribution in [-0.4, -0.2) is 48.9 Å². The fraction of sp³-hybridized carbons (Fsp3) is 0.545. The predicted octanol–water partition coefficient (Wildman–Crippen LogP) is 1.24. The molecule has 8 heteroatoms. The van der Waals surface area contributed by atoms with Crippen molar-refractivity contribution in [3.8, 4) is 0 Å². The van der Waals surface area contributed by atoms with Gasteiger partial charge in [-0.15, -0.1) is 11.6 Å². The van der Waals surface area contributed by atoms with Crippen LogP contribution in [-0.2, 0) is 14.8 Å². The van der Waals surface area contributed by atoms with E-state index in [0.29, 0.717) is 0 Å². The zero-order valence-corrected chi connectivity index (χ0v) is 11.9. The summed E-state index contributed by atoms with van der Waals surface area (Å²) < 4.78 is 44.9. The molecule has 5 nitrogen and oxygen atoms in total. The summed E-state index contributed by atoms with van der Waals surface area (Å²) >= 11 is 5.70. The van der Waals surface area contributed by atoms with E-state index in [0.717, 1.165) is 6.07 Å². The molecule has 0 amide bonds. The van der Waals surface area contributed by atoms with Crippen molar-refractivity contribution in [1.29, 1.82) is 0 Å². The summed E-state index contributed by atoms with van der Waals surface area (Å²) in [6, 6.07) is 2.42. The number of nitrogens with zero attached hydrogens (tertiary/aromatic N) is 2. The molecule has 1 saturated heterocycles. The minimum Gasteiger partial charge on any atom is -0.371 e. The molecule has 1 aliphatic rings. The Morgan fingerprint density at radius 3 is 2.95 bits per heavy atom. The van der Waals surface area contributed by atoms with Crippen molar-refractivity contribution < 1.29 is 17.5 Å². The van der Waals surface area contributed by atoms with Crippen molar-refractivity contribution in [2.24, 2.45) is 0 Å². The van der Waals surface area contributed by atoms with Crippen LogP contribution in [0.3, 0.4) is 0 Å². The number of alkyl halides is 1. The Morgan fingerprint density at radius 1 is 1.58 bits per heavy atom. The van der Waals surface area contributed by atoms with Crippen LogP contribution in [0.1, 0.15) is 6.92 Å². The third kappa shape index (κ3) is 3.05. The average Bonchev–Trinajstić information content (AvgIpc) is 2.38. The molecule has 0 aliphatic carbocycles. The highest BCUT2D eigenvalue weighted by Gasteiger charge is 2.35. The molecular weight excluding hydrogens is 295 g/mol. The molecule has 0 saturated carbocycles. The molecule has 2 unspecified atom stereocenters. The highest BCUT2D eigenvalue weighted by atomic mass is 35.5. The van der Waals surface area contributed by atoms with E-state index in [1.165, 1.54) is 16.6 Å². The maximum Gasteiger partial charge on any atom is 0.263 e. The van der Waals surface area contributed by atoms with Gasteiger partial charge in [0.2, 0.25) is 5.03 Å². The quantitative estimate of drug-likeness (QED) is 0.788. The Bertz CT molecular complexity index is 555. The molecule has 2 atom stereocenters. The second kappa shape index (κ2) is 5.70. The molecule has 0 radical (unpaired) electrons. The van der Waals surface area contributed by atoms with Crippen molar-refractivity contribution in [3.05, 3.63) is 24.1 Å². The molecule has 106 valence electrons. The minimum atomic E-state index is -3.96. The Labute approximate surface area is 116 Å². The molecule has 2 rings (SSSR count). The van der Waals surface area contributed by atoms with Crippen molar-refractivity contribution in [2.75, 3.05) is 19.0 Å². The van der Waals surface area contributed by atoms with Gasteiger partial charge in [0, 0.05) is 25.2 Å². The Hall–Kier alpha value is -0.760. The first-order valence-corrected chi connectivity index (χ1v) is 7.74. The van der Waals surface area contributed by atoms with Crippen molar-refractivity contribution in [1.82, 2.24) is 9.29 Å². The summed E-state index contributed by atoms with van der Waals surface area (Å²) in [7, 11) is -3.96. The van der Waals surface area contributed by atoms with Crippen LogP contribution >= 0.6 is 11.6 Å². The first-order valence-electron chi connectivity index (χ1n) is 5.77. The van der Waals surface area contributed by atoms with Gasteiger partial charge in [0.15, 0.2) is 5.82 Å². The van der Waals surface area contributed by atoms with Crippen LogP contribution in [0, 0.1) is 5.82 Å². The fourth-order valence-electron chi connectivity index (χ4n) is 1.97. The molecule has 0 bridgehead atoms. The van der Waals surface area contributed by atoms with E-state index >= 15 is 0 Å². The second-order valence-corrected chi connectivity index (χ2v) is 6.50. The van der Waals surface area contributed by atoms with Crippen molar-refractivity contribution in [2.45, 2.75) is 24.2 Å². The molecule has 0 spiro atoms. The number of rotatable bonds is 3. The van der Waals surface area contributed by atoms with E-state index in [1.54, 1.807) is 6.92 Å². The lowest BCUT2D eigenvalue weighted by molar-refractivity contribution is -0.0424. The van der Waals surface area contributed by atoms with Gasteiger partial charge in [-0.2, -0.15) is 4.31 Å². The first kappa shape index (κ1) is 14.6. The zero-order chi connectivity index (χ0) is 14.0. The summed E-state index contributed by atoms with van der Waals surface area (Å²) in [6.45, 7) is 2.01. The van der Waals surface area contributed by atoms with Gasteiger partial charge in [0.25, 0.3) is 10.0 Å². The van der Waals surface area contributed by atoms with Gasteiger partial charge in [-0.05, 0) is 19.1 Å². The van der Waals surface area contributed by atoms with Crippen LogP contribution < -0.4 is 0 Å². The number of sulfonamides is 1. The molecule has 1 aliphatic heterocycles. The number of ether oxygens (including phenoxy) is 1. The molecule has 1 aromatic rings.